The number of benzene rings is 1. The summed E-state index contributed by atoms with van der Waals surface area (Å²) in [6.07, 6.45) is 0. The fourth-order valence-electron chi connectivity index (χ4n) is 1.06. The molecule has 0 fully saturated rings. The Morgan fingerprint density at radius 3 is 2.31 bits per heavy atom. The van der Waals surface area contributed by atoms with Crippen LogP contribution in [-0.4, -0.2) is 15.2 Å². The van der Waals surface area contributed by atoms with Crippen molar-refractivity contribution in [2.24, 2.45) is 0 Å². The van der Waals surface area contributed by atoms with E-state index in [9.17, 15) is 4.39 Å². The number of nitrogens with two attached hydrogens (primary N) is 2. The number of anilines is 4. The van der Waals surface area contributed by atoms with Crippen molar-refractivity contribution in [3.63, 3.8) is 0 Å². The number of aromatic nitrogens is 3. The second-order valence-corrected chi connectivity index (χ2v) is 3.04. The summed E-state index contributed by atoms with van der Waals surface area (Å²) in [4.78, 5) is 3.86. The number of halogens is 1. The average Bonchev–Trinajstić information content (AvgIpc) is 2.27. The van der Waals surface area contributed by atoms with Crippen LogP contribution in [0.15, 0.2) is 24.3 Å². The van der Waals surface area contributed by atoms with Crippen LogP contribution in [0.5, 0.6) is 0 Å². The van der Waals surface area contributed by atoms with E-state index in [1.807, 2.05) is 0 Å². The molecule has 7 heteroatoms. The van der Waals surface area contributed by atoms with E-state index in [-0.39, 0.29) is 23.4 Å². The third-order valence-corrected chi connectivity index (χ3v) is 1.84. The van der Waals surface area contributed by atoms with Gasteiger partial charge in [0.1, 0.15) is 5.82 Å². The van der Waals surface area contributed by atoms with E-state index < -0.39 is 0 Å². The molecule has 1 aromatic heterocycles. The molecule has 0 bridgehead atoms. The summed E-state index contributed by atoms with van der Waals surface area (Å²) in [5.41, 5.74) is 11.5. The van der Waals surface area contributed by atoms with Gasteiger partial charge in [-0.1, -0.05) is 0 Å². The van der Waals surface area contributed by atoms with Gasteiger partial charge in [-0.05, 0) is 24.3 Å². The van der Waals surface area contributed by atoms with Crippen molar-refractivity contribution >= 4 is 23.3 Å². The molecule has 0 aliphatic carbocycles. The molecular formula is C9H9FN6. The van der Waals surface area contributed by atoms with Crippen LogP contribution in [0.1, 0.15) is 0 Å². The molecule has 0 aliphatic heterocycles. The number of hydrogen-bond donors (Lipinski definition) is 3. The molecule has 0 amide bonds. The maximum Gasteiger partial charge on any atom is 0.249 e. The van der Waals surface area contributed by atoms with Gasteiger partial charge in [0.15, 0.2) is 11.6 Å². The van der Waals surface area contributed by atoms with Gasteiger partial charge in [0.05, 0.1) is 0 Å². The molecule has 2 aromatic rings. The quantitative estimate of drug-likeness (QED) is 0.695. The third kappa shape index (κ3) is 2.14. The first-order valence-corrected chi connectivity index (χ1v) is 4.43. The lowest BCUT2D eigenvalue weighted by Crippen LogP contribution is -2.06. The summed E-state index contributed by atoms with van der Waals surface area (Å²) in [7, 11) is 0. The van der Waals surface area contributed by atoms with Gasteiger partial charge in [0, 0.05) is 5.69 Å². The minimum Gasteiger partial charge on any atom is -0.380 e. The largest absolute Gasteiger partial charge is 0.380 e. The molecule has 82 valence electrons. The number of rotatable bonds is 2. The SMILES string of the molecule is Nc1nnc(Nc2ccc(F)cc2)nc1N. The molecule has 6 nitrogen and oxygen atoms in total. The van der Waals surface area contributed by atoms with Crippen LogP contribution in [0.25, 0.3) is 0 Å². The van der Waals surface area contributed by atoms with Gasteiger partial charge in [-0.15, -0.1) is 10.2 Å². The summed E-state index contributed by atoms with van der Waals surface area (Å²) in [5, 5.41) is 10.1. The molecule has 0 atom stereocenters. The topological polar surface area (TPSA) is 103 Å². The van der Waals surface area contributed by atoms with Gasteiger partial charge in [-0.2, -0.15) is 4.98 Å². The highest BCUT2D eigenvalue weighted by Gasteiger charge is 2.02. The maximum absolute atomic E-state index is 12.6. The standard InChI is InChI=1S/C9H9FN6/c10-5-1-3-6(4-2-5)13-9-14-7(11)8(12)15-16-9/h1-4H,(H2,12,15)(H3,11,13,14,16). The molecule has 0 unspecified atom stereocenters. The lowest BCUT2D eigenvalue weighted by Gasteiger charge is -2.04. The predicted molar refractivity (Wildman–Crippen MR) is 58.3 cm³/mol. The van der Waals surface area contributed by atoms with E-state index in [1.165, 1.54) is 12.1 Å². The Bertz CT molecular complexity index is 498. The zero-order valence-electron chi connectivity index (χ0n) is 8.18. The number of nitrogens with one attached hydrogen (secondary N) is 1. The van der Waals surface area contributed by atoms with Gasteiger partial charge < -0.3 is 16.8 Å². The van der Waals surface area contributed by atoms with Gasteiger partial charge >= 0.3 is 0 Å². The molecule has 0 aliphatic rings. The zero-order chi connectivity index (χ0) is 11.5. The van der Waals surface area contributed by atoms with E-state index in [1.54, 1.807) is 12.1 Å². The van der Waals surface area contributed by atoms with Crippen LogP contribution >= 0.6 is 0 Å². The van der Waals surface area contributed by atoms with Gasteiger partial charge in [-0.25, -0.2) is 4.39 Å². The second kappa shape index (κ2) is 3.97. The molecule has 0 saturated carbocycles. The Morgan fingerprint density at radius 2 is 1.69 bits per heavy atom. The zero-order valence-corrected chi connectivity index (χ0v) is 8.18. The Labute approximate surface area is 90.5 Å². The normalized spacial score (nSPS) is 10.1. The smallest absolute Gasteiger partial charge is 0.249 e. The van der Waals surface area contributed by atoms with Crippen molar-refractivity contribution < 1.29 is 4.39 Å². The molecule has 0 saturated heterocycles. The van der Waals surface area contributed by atoms with Crippen LogP contribution < -0.4 is 16.8 Å². The van der Waals surface area contributed by atoms with Crippen LogP contribution in [0.3, 0.4) is 0 Å². The highest BCUT2D eigenvalue weighted by Crippen LogP contribution is 2.14. The lowest BCUT2D eigenvalue weighted by molar-refractivity contribution is 0.628. The van der Waals surface area contributed by atoms with Crippen molar-refractivity contribution in [3.05, 3.63) is 30.1 Å². The van der Waals surface area contributed by atoms with Crippen LogP contribution in [-0.2, 0) is 0 Å². The summed E-state index contributed by atoms with van der Waals surface area (Å²) in [6.45, 7) is 0. The fourth-order valence-corrected chi connectivity index (χ4v) is 1.06. The second-order valence-electron chi connectivity index (χ2n) is 3.04. The first kappa shape index (κ1) is 10.1. The van der Waals surface area contributed by atoms with E-state index in [0.717, 1.165) is 0 Å². The molecule has 2 rings (SSSR count). The van der Waals surface area contributed by atoms with Crippen molar-refractivity contribution in [2.45, 2.75) is 0 Å². The molecular weight excluding hydrogens is 211 g/mol. The highest BCUT2D eigenvalue weighted by molar-refractivity contribution is 5.57. The molecule has 1 heterocycles. The maximum atomic E-state index is 12.6. The number of nitrogens with zero attached hydrogens (tertiary/aromatic N) is 3. The number of hydrogen-bond acceptors (Lipinski definition) is 6. The Kier molecular flexibility index (Phi) is 2.50. The van der Waals surface area contributed by atoms with E-state index in [0.29, 0.717) is 5.69 Å². The van der Waals surface area contributed by atoms with Crippen molar-refractivity contribution in [1.82, 2.24) is 15.2 Å². The molecule has 0 spiro atoms. The minimum atomic E-state index is -0.318. The van der Waals surface area contributed by atoms with Gasteiger partial charge in [0.2, 0.25) is 5.95 Å². The van der Waals surface area contributed by atoms with Crippen molar-refractivity contribution in [1.29, 1.82) is 0 Å². The number of nitrogen functional groups attached to an aromatic ring is 2. The lowest BCUT2D eigenvalue weighted by atomic mass is 10.3. The summed E-state index contributed by atoms with van der Waals surface area (Å²) in [6, 6.07) is 5.73. The first-order valence-electron chi connectivity index (χ1n) is 4.43. The highest BCUT2D eigenvalue weighted by atomic mass is 19.1. The molecule has 16 heavy (non-hydrogen) atoms. The Hall–Kier alpha value is -2.44. The van der Waals surface area contributed by atoms with E-state index in [4.69, 9.17) is 11.5 Å². The van der Waals surface area contributed by atoms with Crippen LogP contribution in [0.2, 0.25) is 0 Å². The summed E-state index contributed by atoms with van der Waals surface area (Å²) in [5.74, 6) is 0.0592. The van der Waals surface area contributed by atoms with Gasteiger partial charge in [0.25, 0.3) is 0 Å². The van der Waals surface area contributed by atoms with Crippen LogP contribution in [0, 0.1) is 5.82 Å². The van der Waals surface area contributed by atoms with E-state index in [2.05, 4.69) is 20.5 Å². The summed E-state index contributed by atoms with van der Waals surface area (Å²) >= 11 is 0. The summed E-state index contributed by atoms with van der Waals surface area (Å²) < 4.78 is 12.6. The molecule has 5 N–H and O–H groups in total. The monoisotopic (exact) mass is 220 g/mol. The predicted octanol–water partition coefficient (Wildman–Crippen LogP) is 0.919. The Balaban J connectivity index is 2.20. The fraction of sp³-hybridized carbons (Fsp3) is 0. The average molecular weight is 220 g/mol. The van der Waals surface area contributed by atoms with Crippen molar-refractivity contribution in [2.75, 3.05) is 16.8 Å². The molecule has 1 aromatic carbocycles. The Morgan fingerprint density at radius 1 is 1.00 bits per heavy atom. The van der Waals surface area contributed by atoms with Gasteiger partial charge in [-0.3, -0.25) is 0 Å². The van der Waals surface area contributed by atoms with E-state index >= 15 is 0 Å². The van der Waals surface area contributed by atoms with Crippen molar-refractivity contribution in [3.8, 4) is 0 Å². The van der Waals surface area contributed by atoms with Crippen LogP contribution in [0.4, 0.5) is 27.7 Å². The first-order chi connectivity index (χ1) is 7.65. The molecule has 0 radical (unpaired) electrons. The third-order valence-electron chi connectivity index (χ3n) is 1.84. The minimum absolute atomic E-state index is 0.0738.